The highest BCUT2D eigenvalue weighted by molar-refractivity contribution is 5.94. The molecule has 12 heteroatoms. The number of rotatable bonds is 14. The van der Waals surface area contributed by atoms with Crippen LogP contribution in [0.2, 0.25) is 0 Å². The van der Waals surface area contributed by atoms with E-state index >= 15 is 0 Å². The molecule has 0 radical (unpaired) electrons. The van der Waals surface area contributed by atoms with E-state index in [1.165, 1.54) is 6.92 Å². The van der Waals surface area contributed by atoms with Crippen molar-refractivity contribution in [3.05, 3.63) is 0 Å². The predicted octanol–water partition coefficient (Wildman–Crippen LogP) is -1.87. The Kier molecular flexibility index (Phi) is 12.3. The Bertz CT molecular complexity index is 624. The average molecular weight is 431 g/mol. The van der Waals surface area contributed by atoms with Crippen LogP contribution in [0.4, 0.5) is 0 Å². The summed E-state index contributed by atoms with van der Waals surface area (Å²) >= 11 is 0. The second-order valence-corrected chi connectivity index (χ2v) is 7.36. The zero-order valence-corrected chi connectivity index (χ0v) is 17.5. The van der Waals surface area contributed by atoms with Crippen molar-refractivity contribution in [1.29, 1.82) is 0 Å². The topological polar surface area (TPSA) is 214 Å². The molecule has 0 aliphatic heterocycles. The lowest BCUT2D eigenvalue weighted by Gasteiger charge is -2.26. The van der Waals surface area contributed by atoms with Crippen LogP contribution in [0.15, 0.2) is 0 Å². The number of carbonyl (C=O) groups excluding carboxylic acids is 3. The quantitative estimate of drug-likeness (QED) is 0.153. The first-order valence-corrected chi connectivity index (χ1v) is 9.72. The van der Waals surface area contributed by atoms with Crippen molar-refractivity contribution < 1.29 is 34.2 Å². The Morgan fingerprint density at radius 3 is 1.83 bits per heavy atom. The second kappa shape index (κ2) is 13.5. The molecule has 0 heterocycles. The molecule has 0 rings (SSSR count). The van der Waals surface area contributed by atoms with Crippen LogP contribution in [0.3, 0.4) is 0 Å². The summed E-state index contributed by atoms with van der Waals surface area (Å²) < 4.78 is 0. The van der Waals surface area contributed by atoms with Crippen molar-refractivity contribution in [3.8, 4) is 0 Å². The fourth-order valence-corrected chi connectivity index (χ4v) is 2.49. The van der Waals surface area contributed by atoms with Gasteiger partial charge >= 0.3 is 11.9 Å². The molecular formula is C18H33N5O7. The first-order chi connectivity index (χ1) is 13.9. The lowest BCUT2D eigenvalue weighted by molar-refractivity contribution is -0.147. The van der Waals surface area contributed by atoms with Gasteiger partial charge in [-0.2, -0.15) is 0 Å². The molecule has 172 valence electrons. The molecule has 0 saturated carbocycles. The Morgan fingerprint density at radius 2 is 1.40 bits per heavy atom. The molecular weight excluding hydrogens is 398 g/mol. The highest BCUT2D eigenvalue weighted by Gasteiger charge is 2.31. The summed E-state index contributed by atoms with van der Waals surface area (Å²) in [6.45, 7) is 5.21. The number of unbranched alkanes of at least 4 members (excludes halogenated alkanes) is 1. The molecule has 0 fully saturated rings. The number of nitrogens with two attached hydrogens (primary N) is 2. The normalized spacial score (nSPS) is 14.9. The Labute approximate surface area is 175 Å². The van der Waals surface area contributed by atoms with Crippen LogP contribution >= 0.6 is 0 Å². The molecule has 0 saturated heterocycles. The van der Waals surface area contributed by atoms with E-state index in [2.05, 4.69) is 16.0 Å². The van der Waals surface area contributed by atoms with Crippen LogP contribution in [0, 0.1) is 5.92 Å². The zero-order valence-electron chi connectivity index (χ0n) is 17.5. The van der Waals surface area contributed by atoms with Gasteiger partial charge in [0.25, 0.3) is 0 Å². The zero-order chi connectivity index (χ0) is 23.4. The van der Waals surface area contributed by atoms with E-state index in [0.29, 0.717) is 19.4 Å². The Balaban J connectivity index is 5.39. The third-order valence-corrected chi connectivity index (χ3v) is 4.23. The van der Waals surface area contributed by atoms with E-state index in [9.17, 15) is 24.0 Å². The third-order valence-electron chi connectivity index (χ3n) is 4.23. The van der Waals surface area contributed by atoms with Gasteiger partial charge in [-0.3, -0.25) is 19.2 Å². The maximum atomic E-state index is 12.7. The number of carbonyl (C=O) groups is 5. The van der Waals surface area contributed by atoms with Gasteiger partial charge in [0.05, 0.1) is 12.5 Å². The van der Waals surface area contributed by atoms with E-state index in [1.807, 2.05) is 0 Å². The van der Waals surface area contributed by atoms with Crippen molar-refractivity contribution >= 4 is 29.7 Å². The molecule has 30 heavy (non-hydrogen) atoms. The molecule has 0 bridgehead atoms. The summed E-state index contributed by atoms with van der Waals surface area (Å²) in [6, 6.07) is -4.59. The number of amides is 3. The van der Waals surface area contributed by atoms with Crippen molar-refractivity contribution in [3.63, 3.8) is 0 Å². The molecule has 9 N–H and O–H groups in total. The van der Waals surface area contributed by atoms with E-state index in [1.54, 1.807) is 13.8 Å². The average Bonchev–Trinajstić information content (AvgIpc) is 2.63. The highest BCUT2D eigenvalue weighted by Crippen LogP contribution is 2.07. The molecule has 0 aliphatic rings. The fraction of sp³-hybridized carbons (Fsp3) is 0.722. The monoisotopic (exact) mass is 431 g/mol. The minimum atomic E-state index is -1.65. The number of carboxylic acids is 2. The number of hydrogen-bond donors (Lipinski definition) is 7. The van der Waals surface area contributed by atoms with Crippen molar-refractivity contribution in [2.45, 2.75) is 70.6 Å². The summed E-state index contributed by atoms with van der Waals surface area (Å²) in [6.07, 6.45) is 0.361. The summed E-state index contributed by atoms with van der Waals surface area (Å²) in [5, 5.41) is 25.1. The first-order valence-electron chi connectivity index (χ1n) is 9.72. The van der Waals surface area contributed by atoms with Gasteiger partial charge in [0.15, 0.2) is 0 Å². The van der Waals surface area contributed by atoms with Gasteiger partial charge in [-0.1, -0.05) is 13.8 Å². The maximum absolute atomic E-state index is 12.7. The predicted molar refractivity (Wildman–Crippen MR) is 107 cm³/mol. The van der Waals surface area contributed by atoms with Crippen LogP contribution in [0.1, 0.15) is 46.5 Å². The largest absolute Gasteiger partial charge is 0.481 e. The number of nitrogens with one attached hydrogen (secondary N) is 3. The third kappa shape index (κ3) is 10.2. The maximum Gasteiger partial charge on any atom is 0.326 e. The molecule has 0 spiro atoms. The minimum Gasteiger partial charge on any atom is -0.481 e. The molecule has 0 aromatic heterocycles. The van der Waals surface area contributed by atoms with Gasteiger partial charge in [0.2, 0.25) is 17.7 Å². The summed E-state index contributed by atoms with van der Waals surface area (Å²) in [4.78, 5) is 59.2. The first kappa shape index (κ1) is 27.3. The van der Waals surface area contributed by atoms with Gasteiger partial charge < -0.3 is 37.6 Å². The van der Waals surface area contributed by atoms with Crippen molar-refractivity contribution in [2.24, 2.45) is 17.4 Å². The van der Waals surface area contributed by atoms with Gasteiger partial charge in [-0.25, -0.2) is 4.79 Å². The number of aliphatic carboxylic acids is 2. The van der Waals surface area contributed by atoms with E-state index < -0.39 is 60.2 Å². The van der Waals surface area contributed by atoms with Gasteiger partial charge in [0, 0.05) is 0 Å². The van der Waals surface area contributed by atoms with Gasteiger partial charge in [0.1, 0.15) is 18.1 Å². The van der Waals surface area contributed by atoms with E-state index in [-0.39, 0.29) is 12.3 Å². The molecule has 0 aliphatic carbocycles. The van der Waals surface area contributed by atoms with Crippen molar-refractivity contribution in [2.75, 3.05) is 6.54 Å². The van der Waals surface area contributed by atoms with Crippen LogP contribution < -0.4 is 27.4 Å². The van der Waals surface area contributed by atoms with Crippen LogP contribution in [-0.2, 0) is 24.0 Å². The standard InChI is InChI=1S/C18H33N5O7/c1-9(2)14(23-15(26)10(3)20)17(28)21-11(6-4-5-7-19)16(27)22-12(18(29)30)8-13(24)25/h9-12,14H,4-8,19-20H2,1-3H3,(H,21,28)(H,22,27)(H,23,26)(H,24,25)(H,29,30). The minimum absolute atomic E-state index is 0.153. The molecule has 3 amide bonds. The van der Waals surface area contributed by atoms with Crippen molar-refractivity contribution in [1.82, 2.24) is 16.0 Å². The number of hydrogen-bond acceptors (Lipinski definition) is 7. The van der Waals surface area contributed by atoms with Crippen LogP contribution in [0.25, 0.3) is 0 Å². The summed E-state index contributed by atoms with van der Waals surface area (Å²) in [5.41, 5.74) is 11.0. The molecule has 0 aromatic rings. The van der Waals surface area contributed by atoms with Crippen LogP contribution in [0.5, 0.6) is 0 Å². The second-order valence-electron chi connectivity index (χ2n) is 7.36. The summed E-state index contributed by atoms with van der Waals surface area (Å²) in [5.74, 6) is -5.25. The SMILES string of the molecule is CC(N)C(=O)NC(C(=O)NC(CCCCN)C(=O)NC(CC(=O)O)C(=O)O)C(C)C. The Hall–Kier alpha value is -2.73. The van der Waals surface area contributed by atoms with E-state index in [4.69, 9.17) is 21.7 Å². The van der Waals surface area contributed by atoms with Gasteiger partial charge in [-0.15, -0.1) is 0 Å². The molecule has 4 unspecified atom stereocenters. The lowest BCUT2D eigenvalue weighted by atomic mass is 10.0. The lowest BCUT2D eigenvalue weighted by Crippen LogP contribution is -2.58. The smallest absolute Gasteiger partial charge is 0.326 e. The molecule has 12 nitrogen and oxygen atoms in total. The summed E-state index contributed by atoms with van der Waals surface area (Å²) in [7, 11) is 0. The Morgan fingerprint density at radius 1 is 0.833 bits per heavy atom. The molecule has 0 aromatic carbocycles. The highest BCUT2D eigenvalue weighted by atomic mass is 16.4. The van der Waals surface area contributed by atoms with Crippen LogP contribution in [-0.4, -0.2) is 70.6 Å². The fourth-order valence-electron chi connectivity index (χ4n) is 2.49. The van der Waals surface area contributed by atoms with Gasteiger partial charge in [-0.05, 0) is 38.6 Å². The molecule has 4 atom stereocenters. The van der Waals surface area contributed by atoms with E-state index in [0.717, 1.165) is 0 Å². The number of carboxylic acid groups (broad SMARTS) is 2.